The molecule has 0 aliphatic rings. The number of pyridine rings is 1. The Morgan fingerprint density at radius 3 is 1.61 bits per heavy atom. The molecule has 0 amide bonds. The highest BCUT2D eigenvalue weighted by molar-refractivity contribution is 7.24. The van der Waals surface area contributed by atoms with E-state index in [0.717, 1.165) is 55.8 Å². The zero-order chi connectivity index (χ0) is 32.6. The van der Waals surface area contributed by atoms with E-state index in [0.29, 0.717) is 5.82 Å². The molecule has 0 N–H and O–H groups in total. The van der Waals surface area contributed by atoms with Gasteiger partial charge in [-0.05, 0) is 29.3 Å². The first kappa shape index (κ1) is 29.0. The molecule has 4 heteroatoms. The first-order valence-electron chi connectivity index (χ1n) is 16.4. The SMILES string of the molecule is c1ccc(-c2cc(-c3cccc(-c4c(-c5ccccc5)sc5c4c(-c4ccccc4)nc4ccccc45)c3)nc(-c3ccccc3)n2)cc1. The largest absolute Gasteiger partial charge is 0.247 e. The van der Waals surface area contributed by atoms with Crippen LogP contribution in [0.4, 0.5) is 0 Å². The van der Waals surface area contributed by atoms with E-state index in [4.69, 9.17) is 15.0 Å². The van der Waals surface area contributed by atoms with Crippen LogP contribution in [-0.2, 0) is 0 Å². The van der Waals surface area contributed by atoms with Gasteiger partial charge in [0.05, 0.1) is 22.6 Å². The molecule has 0 bridgehead atoms. The molecule has 0 saturated heterocycles. The minimum Gasteiger partial charge on any atom is -0.247 e. The summed E-state index contributed by atoms with van der Waals surface area (Å²) < 4.78 is 1.24. The second-order valence-electron chi connectivity index (χ2n) is 12.0. The third-order valence-electron chi connectivity index (χ3n) is 8.88. The van der Waals surface area contributed by atoms with Gasteiger partial charge in [0.1, 0.15) is 0 Å². The molecule has 0 fully saturated rings. The average molecular weight is 644 g/mol. The molecule has 0 aliphatic carbocycles. The lowest BCUT2D eigenvalue weighted by Crippen LogP contribution is -1.96. The monoisotopic (exact) mass is 643 g/mol. The average Bonchev–Trinajstić information content (AvgIpc) is 3.60. The van der Waals surface area contributed by atoms with Crippen molar-refractivity contribution in [3.05, 3.63) is 176 Å². The molecule has 0 aliphatic heterocycles. The molecular formula is C45H29N3S. The van der Waals surface area contributed by atoms with E-state index in [1.54, 1.807) is 0 Å². The molecule has 0 atom stereocenters. The van der Waals surface area contributed by atoms with E-state index in [1.165, 1.54) is 26.1 Å². The summed E-state index contributed by atoms with van der Waals surface area (Å²) >= 11 is 1.85. The molecule has 3 nitrogen and oxygen atoms in total. The molecule has 0 unspecified atom stereocenters. The van der Waals surface area contributed by atoms with Gasteiger partial charge in [-0.15, -0.1) is 11.3 Å². The molecule has 230 valence electrons. The molecule has 9 rings (SSSR count). The number of nitrogens with zero attached hydrogens (tertiary/aromatic N) is 3. The lowest BCUT2D eigenvalue weighted by molar-refractivity contribution is 1.18. The van der Waals surface area contributed by atoms with Crippen LogP contribution in [0.5, 0.6) is 0 Å². The maximum absolute atomic E-state index is 5.32. The van der Waals surface area contributed by atoms with E-state index < -0.39 is 0 Å². The van der Waals surface area contributed by atoms with Crippen LogP contribution < -0.4 is 0 Å². The molecule has 9 aromatic rings. The van der Waals surface area contributed by atoms with Crippen LogP contribution in [0.15, 0.2) is 176 Å². The highest BCUT2D eigenvalue weighted by atomic mass is 32.1. The van der Waals surface area contributed by atoms with Crippen molar-refractivity contribution in [2.24, 2.45) is 0 Å². The number of hydrogen-bond acceptors (Lipinski definition) is 4. The van der Waals surface area contributed by atoms with Crippen LogP contribution in [0.2, 0.25) is 0 Å². The van der Waals surface area contributed by atoms with E-state index >= 15 is 0 Å². The van der Waals surface area contributed by atoms with Gasteiger partial charge in [-0.25, -0.2) is 15.0 Å². The van der Waals surface area contributed by atoms with Crippen molar-refractivity contribution in [1.29, 1.82) is 0 Å². The summed E-state index contributed by atoms with van der Waals surface area (Å²) in [4.78, 5) is 16.7. The third-order valence-corrected chi connectivity index (χ3v) is 10.2. The van der Waals surface area contributed by atoms with Crippen molar-refractivity contribution >= 4 is 32.3 Å². The Labute approximate surface area is 288 Å². The smallest absolute Gasteiger partial charge is 0.160 e. The predicted octanol–water partition coefficient (Wildman–Crippen LogP) is 12.2. The molecule has 6 aromatic carbocycles. The number of fused-ring (bicyclic) bond motifs is 3. The maximum Gasteiger partial charge on any atom is 0.160 e. The molecular weight excluding hydrogens is 615 g/mol. The van der Waals surface area contributed by atoms with Crippen LogP contribution in [0.3, 0.4) is 0 Å². The van der Waals surface area contributed by atoms with Gasteiger partial charge in [0.25, 0.3) is 0 Å². The third kappa shape index (κ3) is 5.38. The topological polar surface area (TPSA) is 38.7 Å². The number of rotatable bonds is 6. The van der Waals surface area contributed by atoms with Gasteiger partial charge >= 0.3 is 0 Å². The Morgan fingerprint density at radius 1 is 0.388 bits per heavy atom. The Kier molecular flexibility index (Phi) is 7.34. The minimum absolute atomic E-state index is 0.704. The first-order valence-corrected chi connectivity index (χ1v) is 17.2. The van der Waals surface area contributed by atoms with Crippen LogP contribution in [0, 0.1) is 0 Å². The van der Waals surface area contributed by atoms with Crippen LogP contribution in [-0.4, -0.2) is 15.0 Å². The second-order valence-corrected chi connectivity index (χ2v) is 13.0. The standard InChI is InChI=1S/C45H29N3S/c1-5-16-30(17-6-1)38-29-39(48-45(47-38)33-22-11-4-12-23-33)34-24-15-25-35(28-34)40-41-42(31-18-7-2-8-19-31)46-37-27-14-13-26-36(37)44(41)49-43(40)32-20-9-3-10-21-32/h1-29H. The molecule has 0 radical (unpaired) electrons. The van der Waals surface area contributed by atoms with Crippen molar-refractivity contribution in [2.75, 3.05) is 0 Å². The van der Waals surface area contributed by atoms with Gasteiger partial charge in [0.15, 0.2) is 5.82 Å². The quantitative estimate of drug-likeness (QED) is 0.181. The number of hydrogen-bond donors (Lipinski definition) is 0. The number of benzene rings is 6. The fraction of sp³-hybridized carbons (Fsp3) is 0. The van der Waals surface area contributed by atoms with Gasteiger partial charge in [-0.1, -0.05) is 158 Å². The second kappa shape index (κ2) is 12.4. The normalized spacial score (nSPS) is 11.3. The fourth-order valence-corrected chi connectivity index (χ4v) is 7.93. The Bertz CT molecular complexity index is 2520. The van der Waals surface area contributed by atoms with Crippen molar-refractivity contribution in [3.8, 4) is 66.7 Å². The van der Waals surface area contributed by atoms with Crippen molar-refractivity contribution in [3.63, 3.8) is 0 Å². The van der Waals surface area contributed by atoms with Gasteiger partial charge in [-0.3, -0.25) is 0 Å². The van der Waals surface area contributed by atoms with E-state index in [9.17, 15) is 0 Å². The van der Waals surface area contributed by atoms with Crippen LogP contribution in [0.25, 0.3) is 87.7 Å². The molecule has 49 heavy (non-hydrogen) atoms. The zero-order valence-electron chi connectivity index (χ0n) is 26.5. The number of thiophene rings is 1. The van der Waals surface area contributed by atoms with Gasteiger partial charge in [0, 0.05) is 48.2 Å². The van der Waals surface area contributed by atoms with Crippen molar-refractivity contribution in [1.82, 2.24) is 15.0 Å². The summed E-state index contributed by atoms with van der Waals surface area (Å²) in [6.45, 7) is 0. The van der Waals surface area contributed by atoms with Crippen molar-refractivity contribution in [2.45, 2.75) is 0 Å². The van der Waals surface area contributed by atoms with E-state index in [-0.39, 0.29) is 0 Å². The van der Waals surface area contributed by atoms with Crippen LogP contribution in [0.1, 0.15) is 0 Å². The van der Waals surface area contributed by atoms with Gasteiger partial charge in [-0.2, -0.15) is 0 Å². The lowest BCUT2D eigenvalue weighted by Gasteiger charge is -2.13. The molecule has 0 saturated carbocycles. The van der Waals surface area contributed by atoms with Gasteiger partial charge in [0.2, 0.25) is 0 Å². The maximum atomic E-state index is 5.32. The summed E-state index contributed by atoms with van der Waals surface area (Å²) in [5.74, 6) is 0.704. The summed E-state index contributed by atoms with van der Waals surface area (Å²) in [5, 5.41) is 2.33. The first-order chi connectivity index (χ1) is 24.3. The Hall–Kier alpha value is -6.23. The zero-order valence-corrected chi connectivity index (χ0v) is 27.3. The summed E-state index contributed by atoms with van der Waals surface area (Å²) in [6, 6.07) is 61.2. The Morgan fingerprint density at radius 2 is 0.918 bits per heavy atom. The highest BCUT2D eigenvalue weighted by Crippen LogP contribution is 2.50. The lowest BCUT2D eigenvalue weighted by atomic mass is 9.93. The van der Waals surface area contributed by atoms with E-state index in [1.807, 2.05) is 35.6 Å². The fourth-order valence-electron chi connectivity index (χ4n) is 6.56. The summed E-state index contributed by atoms with van der Waals surface area (Å²) in [5.41, 5.74) is 11.4. The highest BCUT2D eigenvalue weighted by Gasteiger charge is 2.23. The number of aromatic nitrogens is 3. The summed E-state index contributed by atoms with van der Waals surface area (Å²) in [7, 11) is 0. The van der Waals surface area contributed by atoms with Gasteiger partial charge < -0.3 is 0 Å². The predicted molar refractivity (Wildman–Crippen MR) is 205 cm³/mol. The summed E-state index contributed by atoms with van der Waals surface area (Å²) in [6.07, 6.45) is 0. The van der Waals surface area contributed by atoms with E-state index in [2.05, 4.69) is 152 Å². The van der Waals surface area contributed by atoms with Crippen LogP contribution >= 0.6 is 11.3 Å². The molecule has 3 heterocycles. The minimum atomic E-state index is 0.704. The van der Waals surface area contributed by atoms with Crippen molar-refractivity contribution < 1.29 is 0 Å². The Balaban J connectivity index is 1.32. The number of para-hydroxylation sites is 1. The molecule has 3 aromatic heterocycles. The molecule has 0 spiro atoms.